The van der Waals surface area contributed by atoms with E-state index in [2.05, 4.69) is 15.1 Å². The van der Waals surface area contributed by atoms with E-state index >= 15 is 0 Å². The fourth-order valence-corrected chi connectivity index (χ4v) is 0.825. The molecule has 0 bridgehead atoms. The number of anilines is 1. The first kappa shape index (κ1) is 9.34. The second kappa shape index (κ2) is 4.32. The molecule has 0 fully saturated rings. The molecular formula is C8H10N2O3. The van der Waals surface area contributed by atoms with Crippen LogP contribution in [0.5, 0.6) is 5.75 Å². The van der Waals surface area contributed by atoms with Crippen LogP contribution in [-0.4, -0.2) is 13.2 Å². The molecule has 0 saturated carbocycles. The Kier molecular flexibility index (Phi) is 3.10. The molecule has 0 aliphatic heterocycles. The standard InChI is InChI=1S/C8H10N2O3/c1-12-10-6-2-4-7(5-3-6)13-8(9)11/h2-5,10H,1H3,(H2,9,11). The molecule has 0 aliphatic rings. The number of rotatable bonds is 3. The van der Waals surface area contributed by atoms with E-state index < -0.39 is 6.09 Å². The van der Waals surface area contributed by atoms with Crippen LogP contribution in [0.2, 0.25) is 0 Å². The number of hydrogen-bond donors (Lipinski definition) is 2. The van der Waals surface area contributed by atoms with Crippen molar-refractivity contribution >= 4 is 11.8 Å². The summed E-state index contributed by atoms with van der Waals surface area (Å²) < 4.78 is 4.62. The summed E-state index contributed by atoms with van der Waals surface area (Å²) in [5.74, 6) is 0.397. The molecule has 0 unspecified atom stereocenters. The third kappa shape index (κ3) is 3.00. The summed E-state index contributed by atoms with van der Waals surface area (Å²) in [5.41, 5.74) is 8.20. The molecule has 0 radical (unpaired) electrons. The zero-order valence-corrected chi connectivity index (χ0v) is 7.11. The first-order valence-electron chi connectivity index (χ1n) is 3.58. The molecule has 1 amide bonds. The lowest BCUT2D eigenvalue weighted by molar-refractivity contribution is 0.211. The number of carbonyl (C=O) groups is 1. The quantitative estimate of drug-likeness (QED) is 0.687. The zero-order valence-electron chi connectivity index (χ0n) is 7.11. The molecule has 0 saturated heterocycles. The molecule has 0 spiro atoms. The molecule has 0 aliphatic carbocycles. The van der Waals surface area contributed by atoms with Gasteiger partial charge >= 0.3 is 6.09 Å². The number of hydrogen-bond acceptors (Lipinski definition) is 4. The second-order valence-corrected chi connectivity index (χ2v) is 2.25. The van der Waals surface area contributed by atoms with Crippen LogP contribution >= 0.6 is 0 Å². The van der Waals surface area contributed by atoms with Gasteiger partial charge in [-0.1, -0.05) is 0 Å². The van der Waals surface area contributed by atoms with Crippen LogP contribution in [0.25, 0.3) is 0 Å². The molecule has 5 nitrogen and oxygen atoms in total. The Labute approximate surface area is 75.4 Å². The van der Waals surface area contributed by atoms with Crippen LogP contribution in [0.1, 0.15) is 0 Å². The zero-order chi connectivity index (χ0) is 9.68. The minimum Gasteiger partial charge on any atom is -0.411 e. The predicted octanol–water partition coefficient (Wildman–Crippen LogP) is 1.12. The van der Waals surface area contributed by atoms with Crippen molar-refractivity contribution in [2.24, 2.45) is 5.73 Å². The maximum atomic E-state index is 10.3. The number of amides is 1. The van der Waals surface area contributed by atoms with Gasteiger partial charge in [-0.3, -0.25) is 10.3 Å². The van der Waals surface area contributed by atoms with Crippen molar-refractivity contribution in [3.05, 3.63) is 24.3 Å². The third-order valence-corrected chi connectivity index (χ3v) is 1.29. The summed E-state index contributed by atoms with van der Waals surface area (Å²) >= 11 is 0. The van der Waals surface area contributed by atoms with Crippen molar-refractivity contribution in [2.45, 2.75) is 0 Å². The molecule has 1 aromatic rings. The predicted molar refractivity (Wildman–Crippen MR) is 47.3 cm³/mol. The highest BCUT2D eigenvalue weighted by Gasteiger charge is 1.97. The van der Waals surface area contributed by atoms with E-state index in [1.165, 1.54) is 7.11 Å². The molecule has 0 atom stereocenters. The van der Waals surface area contributed by atoms with Gasteiger partial charge in [0.15, 0.2) is 0 Å². The van der Waals surface area contributed by atoms with Crippen LogP contribution < -0.4 is 16.0 Å². The minimum atomic E-state index is -0.826. The Morgan fingerprint density at radius 2 is 2.00 bits per heavy atom. The lowest BCUT2D eigenvalue weighted by atomic mass is 10.3. The van der Waals surface area contributed by atoms with Crippen molar-refractivity contribution in [1.29, 1.82) is 0 Å². The van der Waals surface area contributed by atoms with Crippen LogP contribution in [0.4, 0.5) is 10.5 Å². The van der Waals surface area contributed by atoms with Gasteiger partial charge in [-0.2, -0.15) is 0 Å². The molecule has 0 heterocycles. The lowest BCUT2D eigenvalue weighted by Crippen LogP contribution is -2.16. The number of nitrogens with two attached hydrogens (primary N) is 1. The van der Waals surface area contributed by atoms with Gasteiger partial charge in [-0.25, -0.2) is 4.79 Å². The van der Waals surface area contributed by atoms with Crippen molar-refractivity contribution in [2.75, 3.05) is 12.6 Å². The Balaban J connectivity index is 2.64. The van der Waals surface area contributed by atoms with Crippen LogP contribution in [0, 0.1) is 0 Å². The van der Waals surface area contributed by atoms with Gasteiger partial charge in [0.05, 0.1) is 12.8 Å². The van der Waals surface area contributed by atoms with E-state index in [9.17, 15) is 4.79 Å². The molecular weight excluding hydrogens is 172 g/mol. The fourth-order valence-electron chi connectivity index (χ4n) is 0.825. The topological polar surface area (TPSA) is 73.6 Å². The Morgan fingerprint density at radius 3 is 2.46 bits per heavy atom. The van der Waals surface area contributed by atoms with Gasteiger partial charge in [0.25, 0.3) is 0 Å². The first-order chi connectivity index (χ1) is 6.22. The highest BCUT2D eigenvalue weighted by Crippen LogP contribution is 2.15. The van der Waals surface area contributed by atoms with Gasteiger partial charge in [-0.15, -0.1) is 0 Å². The van der Waals surface area contributed by atoms with E-state index in [1.54, 1.807) is 24.3 Å². The highest BCUT2D eigenvalue weighted by molar-refractivity contribution is 5.68. The maximum Gasteiger partial charge on any atom is 0.409 e. The van der Waals surface area contributed by atoms with E-state index in [-0.39, 0.29) is 0 Å². The number of primary amides is 1. The largest absolute Gasteiger partial charge is 0.411 e. The van der Waals surface area contributed by atoms with Gasteiger partial charge in [0.1, 0.15) is 5.75 Å². The third-order valence-electron chi connectivity index (χ3n) is 1.29. The molecule has 0 aromatic heterocycles. The smallest absolute Gasteiger partial charge is 0.409 e. The monoisotopic (exact) mass is 182 g/mol. The van der Waals surface area contributed by atoms with Gasteiger partial charge in [0, 0.05) is 0 Å². The van der Waals surface area contributed by atoms with E-state index in [0.717, 1.165) is 5.69 Å². The van der Waals surface area contributed by atoms with Gasteiger partial charge in [0.2, 0.25) is 0 Å². The molecule has 5 heteroatoms. The van der Waals surface area contributed by atoms with Crippen molar-refractivity contribution < 1.29 is 14.4 Å². The number of nitrogens with one attached hydrogen (secondary N) is 1. The SMILES string of the molecule is CONc1ccc(OC(N)=O)cc1. The van der Waals surface area contributed by atoms with E-state index in [1.807, 2.05) is 0 Å². The van der Waals surface area contributed by atoms with Crippen LogP contribution in [-0.2, 0) is 4.84 Å². The van der Waals surface area contributed by atoms with Gasteiger partial charge in [-0.05, 0) is 24.3 Å². The summed E-state index contributed by atoms with van der Waals surface area (Å²) in [6, 6.07) is 6.60. The number of ether oxygens (including phenoxy) is 1. The Bertz CT molecular complexity index is 284. The second-order valence-electron chi connectivity index (χ2n) is 2.25. The minimum absolute atomic E-state index is 0.397. The summed E-state index contributed by atoms with van der Waals surface area (Å²) in [7, 11) is 1.51. The van der Waals surface area contributed by atoms with Crippen molar-refractivity contribution in [1.82, 2.24) is 0 Å². The highest BCUT2D eigenvalue weighted by atomic mass is 16.6. The molecule has 1 rings (SSSR count). The van der Waals surface area contributed by atoms with E-state index in [0.29, 0.717) is 5.75 Å². The number of carbonyl (C=O) groups excluding carboxylic acids is 1. The maximum absolute atomic E-state index is 10.3. The Morgan fingerprint density at radius 1 is 1.38 bits per heavy atom. The molecule has 70 valence electrons. The van der Waals surface area contributed by atoms with Crippen molar-refractivity contribution in [3.8, 4) is 5.75 Å². The summed E-state index contributed by atoms with van der Waals surface area (Å²) in [6.45, 7) is 0. The molecule has 1 aromatic carbocycles. The van der Waals surface area contributed by atoms with E-state index in [4.69, 9.17) is 5.73 Å². The molecule has 3 N–H and O–H groups in total. The Hall–Kier alpha value is -1.75. The first-order valence-corrected chi connectivity index (χ1v) is 3.58. The lowest BCUT2D eigenvalue weighted by Gasteiger charge is -2.03. The average molecular weight is 182 g/mol. The summed E-state index contributed by atoms with van der Waals surface area (Å²) in [5, 5.41) is 0. The summed E-state index contributed by atoms with van der Waals surface area (Å²) in [4.78, 5) is 15.0. The van der Waals surface area contributed by atoms with Crippen LogP contribution in [0.3, 0.4) is 0 Å². The summed E-state index contributed by atoms with van der Waals surface area (Å²) in [6.07, 6.45) is -0.826. The molecule has 13 heavy (non-hydrogen) atoms. The van der Waals surface area contributed by atoms with Gasteiger partial charge < -0.3 is 10.5 Å². The normalized spacial score (nSPS) is 9.31. The number of benzene rings is 1. The average Bonchev–Trinajstić information content (AvgIpc) is 2.08. The van der Waals surface area contributed by atoms with Crippen molar-refractivity contribution in [3.63, 3.8) is 0 Å². The van der Waals surface area contributed by atoms with Crippen LogP contribution in [0.15, 0.2) is 24.3 Å². The fraction of sp³-hybridized carbons (Fsp3) is 0.125.